The molecule has 1 aromatic rings. The van der Waals surface area contributed by atoms with E-state index in [1.54, 1.807) is 16.5 Å². The minimum Gasteiger partial charge on any atom is -0.403 e. The first kappa shape index (κ1) is 10.0. The molecule has 0 spiro atoms. The van der Waals surface area contributed by atoms with Gasteiger partial charge in [-0.1, -0.05) is 30.0 Å². The molecular weight excluding hydrogens is 244 g/mol. The summed E-state index contributed by atoms with van der Waals surface area (Å²) in [7, 11) is 0. The molecule has 3 aliphatic heterocycles. The summed E-state index contributed by atoms with van der Waals surface area (Å²) >= 11 is 1.64. The van der Waals surface area contributed by atoms with Crippen LogP contribution in [-0.4, -0.2) is 15.7 Å². The number of fused-ring (bicyclic) bond motifs is 5. The Labute approximate surface area is 108 Å². The maximum atomic E-state index is 5.63. The van der Waals surface area contributed by atoms with Crippen molar-refractivity contribution in [2.45, 2.75) is 0 Å². The Morgan fingerprint density at radius 3 is 3.17 bits per heavy atom. The summed E-state index contributed by atoms with van der Waals surface area (Å²) in [5.74, 6) is 0.625. The SMILES string of the molecule is C1=Cc2c3nc4ccccc4c-3ccn2OCS1. The molecule has 0 radical (unpaired) electrons. The van der Waals surface area contributed by atoms with Gasteiger partial charge >= 0.3 is 0 Å². The quantitative estimate of drug-likeness (QED) is 0.616. The fourth-order valence-corrected chi connectivity index (χ4v) is 2.78. The van der Waals surface area contributed by atoms with Gasteiger partial charge in [0.2, 0.25) is 0 Å². The maximum Gasteiger partial charge on any atom is 0.164 e. The molecule has 18 heavy (non-hydrogen) atoms. The zero-order chi connectivity index (χ0) is 11.9. The summed E-state index contributed by atoms with van der Waals surface area (Å²) in [6.07, 6.45) is 4.02. The Morgan fingerprint density at radius 2 is 2.17 bits per heavy atom. The highest BCUT2D eigenvalue weighted by molar-refractivity contribution is 8.02. The van der Waals surface area contributed by atoms with E-state index in [1.807, 2.05) is 24.4 Å². The van der Waals surface area contributed by atoms with Crippen LogP contribution >= 0.6 is 11.8 Å². The maximum absolute atomic E-state index is 5.63. The number of para-hydroxylation sites is 1. The third kappa shape index (κ3) is 1.36. The minimum atomic E-state index is 0.625. The number of hydrogen-bond donors (Lipinski definition) is 0. The first-order valence-corrected chi connectivity index (χ1v) is 6.79. The molecule has 1 aromatic carbocycles. The molecule has 0 bridgehead atoms. The standard InChI is InChI=1S/C14H10N2OS/c1-2-4-12-10(3-1)11-5-7-16-13(14(11)15-12)6-8-18-9-17-16/h1-8H,9H2. The number of thioether (sulfide) groups is 1. The average molecular weight is 254 g/mol. The van der Waals surface area contributed by atoms with Crippen molar-refractivity contribution < 1.29 is 4.84 Å². The van der Waals surface area contributed by atoms with Gasteiger partial charge in [0, 0.05) is 17.1 Å². The van der Waals surface area contributed by atoms with E-state index >= 15 is 0 Å². The Balaban J connectivity index is 2.11. The monoisotopic (exact) mass is 254 g/mol. The molecular formula is C14H10N2OS. The molecule has 3 nitrogen and oxygen atoms in total. The lowest BCUT2D eigenvalue weighted by atomic mass is 10.1. The Bertz CT molecular complexity index is 732. The van der Waals surface area contributed by atoms with Crippen LogP contribution in [0, 0.1) is 0 Å². The minimum absolute atomic E-state index is 0.625. The van der Waals surface area contributed by atoms with Crippen molar-refractivity contribution in [3.05, 3.63) is 47.6 Å². The molecule has 0 N–H and O–H groups in total. The number of rotatable bonds is 0. The van der Waals surface area contributed by atoms with E-state index in [0.717, 1.165) is 16.9 Å². The third-order valence-corrected chi connectivity index (χ3v) is 3.69. The molecule has 0 aliphatic carbocycles. The van der Waals surface area contributed by atoms with Gasteiger partial charge in [-0.05, 0) is 23.6 Å². The summed E-state index contributed by atoms with van der Waals surface area (Å²) < 4.78 is 1.80. The van der Waals surface area contributed by atoms with Gasteiger partial charge in [-0.3, -0.25) is 0 Å². The van der Waals surface area contributed by atoms with E-state index in [2.05, 4.69) is 23.6 Å². The Kier molecular flexibility index (Phi) is 2.11. The molecule has 3 aliphatic rings. The van der Waals surface area contributed by atoms with E-state index in [-0.39, 0.29) is 0 Å². The summed E-state index contributed by atoms with van der Waals surface area (Å²) in [5, 5.41) is 3.25. The van der Waals surface area contributed by atoms with Crippen molar-refractivity contribution in [1.82, 2.24) is 9.71 Å². The summed E-state index contributed by atoms with van der Waals surface area (Å²) in [6, 6.07) is 10.3. The second-order valence-corrected chi connectivity index (χ2v) is 4.98. The molecule has 4 heteroatoms. The van der Waals surface area contributed by atoms with Crippen molar-refractivity contribution in [2.24, 2.45) is 0 Å². The first-order valence-electron chi connectivity index (χ1n) is 5.75. The van der Waals surface area contributed by atoms with E-state index in [4.69, 9.17) is 9.82 Å². The lowest BCUT2D eigenvalue weighted by Gasteiger charge is -2.12. The average Bonchev–Trinajstić information content (AvgIpc) is 2.62. The number of benzene rings is 1. The van der Waals surface area contributed by atoms with Crippen molar-refractivity contribution in [3.8, 4) is 11.3 Å². The van der Waals surface area contributed by atoms with E-state index in [0.29, 0.717) is 5.94 Å². The molecule has 0 saturated carbocycles. The lowest BCUT2D eigenvalue weighted by Crippen LogP contribution is -2.13. The molecule has 0 saturated heterocycles. The first-order chi connectivity index (χ1) is 8.93. The van der Waals surface area contributed by atoms with Crippen LogP contribution in [0.25, 0.3) is 28.2 Å². The van der Waals surface area contributed by atoms with E-state index < -0.39 is 0 Å². The van der Waals surface area contributed by atoms with Gasteiger partial charge in [0.15, 0.2) is 5.94 Å². The predicted octanol–water partition coefficient (Wildman–Crippen LogP) is 3.24. The van der Waals surface area contributed by atoms with Crippen molar-refractivity contribution in [2.75, 3.05) is 5.94 Å². The highest BCUT2D eigenvalue weighted by atomic mass is 32.2. The van der Waals surface area contributed by atoms with Gasteiger partial charge < -0.3 is 4.84 Å². The molecule has 88 valence electrons. The lowest BCUT2D eigenvalue weighted by molar-refractivity contribution is 0.151. The largest absolute Gasteiger partial charge is 0.403 e. The van der Waals surface area contributed by atoms with Crippen LogP contribution in [0.4, 0.5) is 0 Å². The number of aromatic nitrogens is 2. The van der Waals surface area contributed by atoms with Crippen molar-refractivity contribution in [1.29, 1.82) is 0 Å². The molecule has 3 heterocycles. The molecule has 0 atom stereocenters. The van der Waals surface area contributed by atoms with E-state index in [9.17, 15) is 0 Å². The van der Waals surface area contributed by atoms with Crippen LogP contribution in [0.3, 0.4) is 0 Å². The summed E-state index contributed by atoms with van der Waals surface area (Å²) in [5.41, 5.74) is 4.22. The zero-order valence-corrected chi connectivity index (χ0v) is 10.4. The summed E-state index contributed by atoms with van der Waals surface area (Å²) in [4.78, 5) is 10.3. The van der Waals surface area contributed by atoms with Crippen molar-refractivity contribution >= 4 is 28.7 Å². The van der Waals surface area contributed by atoms with Crippen molar-refractivity contribution in [3.63, 3.8) is 0 Å². The zero-order valence-electron chi connectivity index (χ0n) is 9.54. The van der Waals surface area contributed by atoms with Gasteiger partial charge in [0.05, 0.1) is 11.2 Å². The van der Waals surface area contributed by atoms with Crippen LogP contribution < -0.4 is 4.84 Å². The van der Waals surface area contributed by atoms with Gasteiger partial charge in [-0.25, -0.2) is 4.98 Å². The molecule has 0 fully saturated rings. The van der Waals surface area contributed by atoms with E-state index in [1.165, 1.54) is 10.9 Å². The molecule has 0 amide bonds. The van der Waals surface area contributed by atoms with Crippen LogP contribution in [0.15, 0.2) is 41.9 Å². The molecule has 0 unspecified atom stereocenters. The second-order valence-electron chi connectivity index (χ2n) is 4.13. The number of nitrogens with zero attached hydrogens (tertiary/aromatic N) is 2. The van der Waals surface area contributed by atoms with Crippen LogP contribution in [0.5, 0.6) is 0 Å². The Morgan fingerprint density at radius 1 is 1.22 bits per heavy atom. The second kappa shape index (κ2) is 3.78. The summed E-state index contributed by atoms with van der Waals surface area (Å²) in [6.45, 7) is 0. The van der Waals surface area contributed by atoms with Gasteiger partial charge in [-0.2, -0.15) is 4.73 Å². The molecule has 4 rings (SSSR count). The fraction of sp³-hybridized carbons (Fsp3) is 0.0714. The molecule has 0 aromatic heterocycles. The van der Waals surface area contributed by atoms with Crippen LogP contribution in [-0.2, 0) is 0 Å². The van der Waals surface area contributed by atoms with Gasteiger partial charge in [0.1, 0.15) is 5.69 Å². The van der Waals surface area contributed by atoms with Gasteiger partial charge in [0.25, 0.3) is 0 Å². The highest BCUT2D eigenvalue weighted by Crippen LogP contribution is 2.34. The fourth-order valence-electron chi connectivity index (χ4n) is 2.30. The van der Waals surface area contributed by atoms with Crippen LogP contribution in [0.1, 0.15) is 5.69 Å². The predicted molar refractivity (Wildman–Crippen MR) is 74.4 cm³/mol. The smallest absolute Gasteiger partial charge is 0.164 e. The van der Waals surface area contributed by atoms with Crippen LogP contribution in [0.2, 0.25) is 0 Å². The number of pyridine rings is 1. The third-order valence-electron chi connectivity index (χ3n) is 3.12. The number of hydrogen-bond acceptors (Lipinski definition) is 3. The van der Waals surface area contributed by atoms with Gasteiger partial charge in [-0.15, -0.1) is 0 Å². The Hall–Kier alpha value is -1.94. The normalized spacial score (nSPS) is 14.4. The highest BCUT2D eigenvalue weighted by Gasteiger charge is 2.18. The topological polar surface area (TPSA) is 27.1 Å².